The molecule has 1 N–H and O–H groups in total. The number of aryl methyl sites for hydroxylation is 2. The van der Waals surface area contributed by atoms with Crippen molar-refractivity contribution in [2.75, 3.05) is 0 Å². The van der Waals surface area contributed by atoms with Crippen LogP contribution in [-0.4, -0.2) is 30.8 Å². The molecule has 0 fully saturated rings. The maximum absolute atomic E-state index is 13.1. The first kappa shape index (κ1) is 21.4. The first-order chi connectivity index (χ1) is 15.4. The smallest absolute Gasteiger partial charge is 0.251 e. The summed E-state index contributed by atoms with van der Waals surface area (Å²) in [7, 11) is 0. The van der Waals surface area contributed by atoms with Crippen molar-refractivity contribution < 1.29 is 9.32 Å². The highest BCUT2D eigenvalue weighted by Crippen LogP contribution is 2.24. The van der Waals surface area contributed by atoms with Crippen LogP contribution in [0.25, 0.3) is 11.4 Å². The van der Waals surface area contributed by atoms with E-state index in [2.05, 4.69) is 25.5 Å². The van der Waals surface area contributed by atoms with Crippen molar-refractivity contribution in [1.82, 2.24) is 30.2 Å². The van der Waals surface area contributed by atoms with Gasteiger partial charge in [0.1, 0.15) is 6.04 Å². The number of nitrogens with zero attached hydrogens (tertiary/aromatic N) is 5. The highest BCUT2D eigenvalue weighted by atomic mass is 16.5. The summed E-state index contributed by atoms with van der Waals surface area (Å²) in [5.41, 5.74) is 4.39. The summed E-state index contributed by atoms with van der Waals surface area (Å²) < 4.78 is 7.41. The van der Waals surface area contributed by atoms with Crippen LogP contribution in [0.5, 0.6) is 0 Å². The van der Waals surface area contributed by atoms with Crippen LogP contribution in [0, 0.1) is 19.8 Å². The number of hydrogen-bond acceptors (Lipinski definition) is 6. The van der Waals surface area contributed by atoms with E-state index in [1.54, 1.807) is 18.5 Å². The third-order valence-electron chi connectivity index (χ3n) is 5.21. The molecule has 164 valence electrons. The molecule has 1 aromatic carbocycles. The van der Waals surface area contributed by atoms with E-state index in [0.29, 0.717) is 23.8 Å². The van der Waals surface area contributed by atoms with Gasteiger partial charge in [0.15, 0.2) is 0 Å². The summed E-state index contributed by atoms with van der Waals surface area (Å²) >= 11 is 0. The third kappa shape index (κ3) is 4.74. The molecule has 32 heavy (non-hydrogen) atoms. The van der Waals surface area contributed by atoms with Gasteiger partial charge in [-0.05, 0) is 55.7 Å². The highest BCUT2D eigenvalue weighted by molar-refractivity contribution is 5.94. The molecule has 1 unspecified atom stereocenters. The van der Waals surface area contributed by atoms with E-state index >= 15 is 0 Å². The first-order valence-electron chi connectivity index (χ1n) is 10.6. The fourth-order valence-corrected chi connectivity index (χ4v) is 3.53. The molecule has 8 nitrogen and oxygen atoms in total. The van der Waals surface area contributed by atoms with Crippen LogP contribution in [0.15, 0.2) is 59.4 Å². The summed E-state index contributed by atoms with van der Waals surface area (Å²) in [5.74, 6) is 0.671. The number of carbonyl (C=O) groups excluding carboxylic acids is 1. The lowest BCUT2D eigenvalue weighted by atomic mass is 10.0. The van der Waals surface area contributed by atoms with Crippen molar-refractivity contribution >= 4 is 5.91 Å². The number of nitrogens with one attached hydrogen (secondary N) is 1. The van der Waals surface area contributed by atoms with Gasteiger partial charge in [-0.2, -0.15) is 10.1 Å². The number of hydrogen-bond donors (Lipinski definition) is 1. The van der Waals surface area contributed by atoms with Gasteiger partial charge in [-0.15, -0.1) is 0 Å². The van der Waals surface area contributed by atoms with E-state index in [0.717, 1.165) is 22.5 Å². The van der Waals surface area contributed by atoms with Crippen LogP contribution in [-0.2, 0) is 6.54 Å². The molecule has 3 aromatic heterocycles. The number of pyridine rings is 1. The normalized spacial score (nSPS) is 12.2. The van der Waals surface area contributed by atoms with E-state index in [1.165, 1.54) is 0 Å². The second-order valence-corrected chi connectivity index (χ2v) is 8.18. The molecule has 0 bridgehead atoms. The summed E-state index contributed by atoms with van der Waals surface area (Å²) in [4.78, 5) is 21.6. The Morgan fingerprint density at radius 2 is 2.00 bits per heavy atom. The van der Waals surface area contributed by atoms with E-state index in [4.69, 9.17) is 4.52 Å². The summed E-state index contributed by atoms with van der Waals surface area (Å²) in [6.07, 6.45) is 3.36. The Kier molecular flexibility index (Phi) is 6.11. The molecule has 8 heteroatoms. The van der Waals surface area contributed by atoms with Crippen LogP contribution < -0.4 is 5.32 Å². The average molecular weight is 431 g/mol. The lowest BCUT2D eigenvalue weighted by molar-refractivity contribution is 0.0914. The van der Waals surface area contributed by atoms with Gasteiger partial charge in [0.25, 0.3) is 5.91 Å². The Morgan fingerprint density at radius 3 is 2.69 bits per heavy atom. The number of amides is 1. The van der Waals surface area contributed by atoms with Crippen molar-refractivity contribution in [2.45, 2.75) is 40.3 Å². The minimum Gasteiger partial charge on any atom is -0.340 e. The molecule has 0 saturated carbocycles. The SMILES string of the molecule is Cc1cc(C)n(Cc2cccc(C(=O)NC(c3nc(-c4cccnc4)no3)C(C)C)c2)n1. The maximum atomic E-state index is 13.1. The van der Waals surface area contributed by atoms with Gasteiger partial charge in [-0.1, -0.05) is 31.1 Å². The molecule has 0 aliphatic rings. The summed E-state index contributed by atoms with van der Waals surface area (Å²) in [6, 6.07) is 12.8. The zero-order valence-corrected chi connectivity index (χ0v) is 18.6. The number of carbonyl (C=O) groups is 1. The van der Waals surface area contributed by atoms with Crippen LogP contribution in [0.3, 0.4) is 0 Å². The van der Waals surface area contributed by atoms with Crippen molar-refractivity contribution in [2.24, 2.45) is 5.92 Å². The monoisotopic (exact) mass is 430 g/mol. The van der Waals surface area contributed by atoms with Crippen LogP contribution in [0.4, 0.5) is 0 Å². The van der Waals surface area contributed by atoms with Crippen LogP contribution in [0.2, 0.25) is 0 Å². The van der Waals surface area contributed by atoms with Crippen molar-refractivity contribution in [3.63, 3.8) is 0 Å². The molecular weight excluding hydrogens is 404 g/mol. The fourth-order valence-electron chi connectivity index (χ4n) is 3.53. The Labute approximate surface area is 186 Å². The minimum absolute atomic E-state index is 0.0547. The van der Waals surface area contributed by atoms with E-state index in [9.17, 15) is 4.79 Å². The van der Waals surface area contributed by atoms with E-state index in [1.807, 2.05) is 68.8 Å². The Bertz CT molecular complexity index is 1210. The highest BCUT2D eigenvalue weighted by Gasteiger charge is 2.25. The minimum atomic E-state index is -0.417. The molecule has 0 aliphatic carbocycles. The maximum Gasteiger partial charge on any atom is 0.251 e. The van der Waals surface area contributed by atoms with Gasteiger partial charge < -0.3 is 9.84 Å². The number of aromatic nitrogens is 5. The Morgan fingerprint density at radius 1 is 1.16 bits per heavy atom. The van der Waals surface area contributed by atoms with Crippen molar-refractivity contribution in [3.05, 3.63) is 83.3 Å². The van der Waals surface area contributed by atoms with Gasteiger partial charge in [0, 0.05) is 29.2 Å². The zero-order chi connectivity index (χ0) is 22.7. The Hall–Kier alpha value is -3.81. The quantitative estimate of drug-likeness (QED) is 0.474. The molecule has 3 heterocycles. The van der Waals surface area contributed by atoms with Crippen LogP contribution in [0.1, 0.15) is 53.1 Å². The lowest BCUT2D eigenvalue weighted by Gasteiger charge is -2.18. The van der Waals surface area contributed by atoms with E-state index in [-0.39, 0.29) is 11.8 Å². The van der Waals surface area contributed by atoms with Gasteiger partial charge in [-0.3, -0.25) is 14.5 Å². The second-order valence-electron chi connectivity index (χ2n) is 8.18. The molecule has 0 radical (unpaired) electrons. The largest absolute Gasteiger partial charge is 0.340 e. The lowest BCUT2D eigenvalue weighted by Crippen LogP contribution is -2.32. The van der Waals surface area contributed by atoms with Crippen molar-refractivity contribution in [3.8, 4) is 11.4 Å². The second kappa shape index (κ2) is 9.13. The summed E-state index contributed by atoms with van der Waals surface area (Å²) in [6.45, 7) is 8.59. The topological polar surface area (TPSA) is 98.7 Å². The molecule has 0 aliphatic heterocycles. The third-order valence-corrected chi connectivity index (χ3v) is 5.21. The average Bonchev–Trinajstić information content (AvgIpc) is 3.39. The molecular formula is C24H26N6O2. The molecule has 4 aromatic rings. The van der Waals surface area contributed by atoms with Crippen molar-refractivity contribution in [1.29, 1.82) is 0 Å². The van der Waals surface area contributed by atoms with Gasteiger partial charge in [0.2, 0.25) is 11.7 Å². The molecule has 1 atom stereocenters. The van der Waals surface area contributed by atoms with Crippen LogP contribution >= 0.6 is 0 Å². The summed E-state index contributed by atoms with van der Waals surface area (Å²) in [5, 5.41) is 11.6. The standard InChI is InChI=1S/C24H26N6O2/c1-15(2)21(24-27-22(29-32-24)20-9-6-10-25-13-20)26-23(31)19-8-5-7-18(12-19)14-30-17(4)11-16(3)28-30/h5-13,15,21H,14H2,1-4H3,(H,26,31). The van der Waals surface area contributed by atoms with Gasteiger partial charge >= 0.3 is 0 Å². The van der Waals surface area contributed by atoms with Gasteiger partial charge in [-0.25, -0.2) is 0 Å². The molecule has 0 saturated heterocycles. The molecule has 1 amide bonds. The Balaban J connectivity index is 1.51. The number of rotatable bonds is 7. The zero-order valence-electron chi connectivity index (χ0n) is 18.6. The predicted molar refractivity (Wildman–Crippen MR) is 120 cm³/mol. The molecule has 4 rings (SSSR count). The molecule has 0 spiro atoms. The first-order valence-corrected chi connectivity index (χ1v) is 10.6. The van der Waals surface area contributed by atoms with Gasteiger partial charge in [0.05, 0.1) is 12.2 Å². The predicted octanol–water partition coefficient (Wildman–Crippen LogP) is 4.12. The van der Waals surface area contributed by atoms with E-state index < -0.39 is 6.04 Å². The number of benzene rings is 1. The fraction of sp³-hybridized carbons (Fsp3) is 0.292.